The molecule has 2 aromatic carbocycles. The van der Waals surface area contributed by atoms with Gasteiger partial charge in [0.1, 0.15) is 19.6 Å². The Morgan fingerprint density at radius 1 is 0.938 bits per heavy atom. The Bertz CT molecular complexity index is 1130. The number of aromatic nitrogens is 1. The Morgan fingerprint density at radius 3 is 2.06 bits per heavy atom. The van der Waals surface area contributed by atoms with Crippen LogP contribution in [0.4, 0.5) is 0 Å². The number of para-hydroxylation sites is 2. The highest BCUT2D eigenvalue weighted by Gasteiger charge is 2.49. The van der Waals surface area contributed by atoms with E-state index in [1.165, 1.54) is 6.92 Å². The van der Waals surface area contributed by atoms with Crippen LogP contribution in [0, 0.1) is 0 Å². The van der Waals surface area contributed by atoms with E-state index in [-0.39, 0.29) is 5.97 Å². The predicted octanol–water partition coefficient (Wildman–Crippen LogP) is 3.25. The molecule has 0 aliphatic carbocycles. The quantitative estimate of drug-likeness (QED) is 0.269. The summed E-state index contributed by atoms with van der Waals surface area (Å²) in [6, 6.07) is 22.7. The Labute approximate surface area is 188 Å². The minimum atomic E-state index is -1.80. The van der Waals surface area contributed by atoms with Gasteiger partial charge >= 0.3 is 12.5 Å². The molecule has 5 rings (SSSR count). The van der Waals surface area contributed by atoms with Crippen molar-refractivity contribution in [2.75, 3.05) is 33.7 Å². The summed E-state index contributed by atoms with van der Waals surface area (Å²) in [6.07, 6.45) is 1.23. The van der Waals surface area contributed by atoms with Gasteiger partial charge in [0.15, 0.2) is 0 Å². The zero-order valence-corrected chi connectivity index (χ0v) is 18.8. The number of carbonyl (C=O) groups excluding carboxylic acids is 1. The predicted molar refractivity (Wildman–Crippen MR) is 123 cm³/mol. The summed E-state index contributed by atoms with van der Waals surface area (Å²) in [5, 5.41) is 0. The minimum Gasteiger partial charge on any atom is -0.676 e. The SMILES string of the molecule is CC(=O)OCC[N+](C)(C)C[B-]12C[n+]3c(cccc3-c3ccccc3O1)-c1ccccc1O2. The number of hydrogen-bond donors (Lipinski definition) is 0. The fourth-order valence-corrected chi connectivity index (χ4v) is 5.02. The van der Waals surface area contributed by atoms with Crippen molar-refractivity contribution in [1.29, 1.82) is 0 Å². The van der Waals surface area contributed by atoms with Gasteiger partial charge in [-0.15, -0.1) is 0 Å². The molecule has 0 radical (unpaired) electrons. The standard InChI is InChI=1S/C25H28BN2O4/c1-19(29)30-16-15-28(2,3)18-26-17-27-22(20-9-4-6-13-24(20)31-26)11-8-12-23(27)21-10-5-7-14-25(21)32-26/h4-14H,15-18H2,1-3H3/q+1. The number of nitrogens with zero attached hydrogens (tertiary/aromatic N) is 2. The third-order valence-corrected chi connectivity index (χ3v) is 6.33. The lowest BCUT2D eigenvalue weighted by molar-refractivity contribution is -0.882. The van der Waals surface area contributed by atoms with E-state index in [1.54, 1.807) is 0 Å². The van der Waals surface area contributed by atoms with Crippen LogP contribution < -0.4 is 13.9 Å². The van der Waals surface area contributed by atoms with Crippen molar-refractivity contribution in [3.63, 3.8) is 0 Å². The van der Waals surface area contributed by atoms with Crippen molar-refractivity contribution in [2.45, 2.75) is 13.4 Å². The number of rotatable bonds is 5. The van der Waals surface area contributed by atoms with Crippen molar-refractivity contribution in [3.05, 3.63) is 66.7 Å². The molecule has 0 N–H and O–H groups in total. The van der Waals surface area contributed by atoms with E-state index < -0.39 is 6.55 Å². The summed E-state index contributed by atoms with van der Waals surface area (Å²) in [7, 11) is 4.25. The van der Waals surface area contributed by atoms with E-state index >= 15 is 0 Å². The maximum Gasteiger partial charge on any atom is 0.461 e. The number of pyridine rings is 1. The van der Waals surface area contributed by atoms with E-state index in [9.17, 15) is 4.79 Å². The normalized spacial score (nSPS) is 15.2. The van der Waals surface area contributed by atoms with Crippen molar-refractivity contribution >= 4 is 12.5 Å². The lowest BCUT2D eigenvalue weighted by atomic mass is 9.55. The molecule has 0 saturated carbocycles. The van der Waals surface area contributed by atoms with Gasteiger partial charge in [0, 0.05) is 25.5 Å². The highest BCUT2D eigenvalue weighted by atomic mass is 16.6. The third kappa shape index (κ3) is 3.73. The van der Waals surface area contributed by atoms with Gasteiger partial charge in [-0.2, -0.15) is 0 Å². The first-order chi connectivity index (χ1) is 15.4. The molecule has 2 bridgehead atoms. The van der Waals surface area contributed by atoms with Gasteiger partial charge in [-0.05, 0) is 30.3 Å². The topological polar surface area (TPSA) is 48.6 Å². The van der Waals surface area contributed by atoms with Gasteiger partial charge in [0.05, 0.1) is 36.7 Å². The summed E-state index contributed by atoms with van der Waals surface area (Å²) in [4.78, 5) is 11.3. The number of carbonyl (C=O) groups is 1. The molecule has 3 aromatic rings. The molecule has 0 spiro atoms. The van der Waals surface area contributed by atoms with E-state index in [1.807, 2.05) is 36.4 Å². The zero-order chi connectivity index (χ0) is 22.3. The van der Waals surface area contributed by atoms with Crippen LogP contribution in [0.1, 0.15) is 6.92 Å². The Balaban J connectivity index is 1.65. The molecule has 164 valence electrons. The fraction of sp³-hybridized carbons (Fsp3) is 0.280. The minimum absolute atomic E-state index is 0.262. The van der Waals surface area contributed by atoms with Crippen LogP contribution in [-0.2, 0) is 16.0 Å². The average Bonchev–Trinajstić information content (AvgIpc) is 2.96. The molecule has 0 atom stereocenters. The molecule has 3 heterocycles. The maximum absolute atomic E-state index is 11.3. The average molecular weight is 431 g/mol. The first kappa shape index (κ1) is 20.6. The highest BCUT2D eigenvalue weighted by molar-refractivity contribution is 6.67. The number of likely N-dealkylation sites (N-methyl/N-ethyl adjacent to an activating group) is 1. The molecular formula is C25H28BN2O4+. The maximum atomic E-state index is 11.3. The lowest BCUT2D eigenvalue weighted by Gasteiger charge is -2.44. The lowest BCUT2D eigenvalue weighted by Crippen LogP contribution is -2.68. The van der Waals surface area contributed by atoms with Crippen LogP contribution in [0.3, 0.4) is 0 Å². The molecule has 6 nitrogen and oxygen atoms in total. The van der Waals surface area contributed by atoms with Gasteiger partial charge in [0.2, 0.25) is 11.4 Å². The summed E-state index contributed by atoms with van der Waals surface area (Å²) >= 11 is 0. The largest absolute Gasteiger partial charge is 0.676 e. The Hall–Kier alpha value is -3.32. The van der Waals surface area contributed by atoms with Crippen LogP contribution in [0.5, 0.6) is 11.5 Å². The molecule has 2 aliphatic heterocycles. The molecule has 0 unspecified atom stereocenters. The van der Waals surface area contributed by atoms with E-state index in [2.05, 4.69) is 49.0 Å². The number of benzene rings is 2. The Morgan fingerprint density at radius 2 is 1.50 bits per heavy atom. The number of ether oxygens (including phenoxy) is 1. The van der Waals surface area contributed by atoms with E-state index in [0.717, 1.165) is 34.0 Å². The fourth-order valence-electron chi connectivity index (χ4n) is 5.02. The van der Waals surface area contributed by atoms with E-state index in [0.29, 0.717) is 30.5 Å². The van der Waals surface area contributed by atoms with Gasteiger partial charge in [-0.1, -0.05) is 24.3 Å². The first-order valence-corrected chi connectivity index (χ1v) is 11.1. The number of esters is 1. The summed E-state index contributed by atoms with van der Waals surface area (Å²) < 4.78 is 21.8. The van der Waals surface area contributed by atoms with Crippen molar-refractivity contribution < 1.29 is 27.9 Å². The van der Waals surface area contributed by atoms with Crippen LogP contribution in [0.2, 0.25) is 0 Å². The second-order valence-electron chi connectivity index (χ2n) is 9.37. The number of fused-ring (bicyclic) bond motifs is 5. The molecule has 0 saturated heterocycles. The number of quaternary nitrogens is 1. The summed E-state index contributed by atoms with van der Waals surface area (Å²) in [5.74, 6) is 1.40. The van der Waals surface area contributed by atoms with Crippen LogP contribution in [0.25, 0.3) is 22.5 Å². The first-order valence-electron chi connectivity index (χ1n) is 11.1. The second-order valence-corrected chi connectivity index (χ2v) is 9.37. The summed E-state index contributed by atoms with van der Waals surface area (Å²) in [6.45, 7) is 0.663. The third-order valence-electron chi connectivity index (χ3n) is 6.33. The molecule has 0 amide bonds. The molecule has 7 heteroatoms. The van der Waals surface area contributed by atoms with Crippen LogP contribution in [-0.4, -0.2) is 50.7 Å². The van der Waals surface area contributed by atoms with Gasteiger partial charge < -0.3 is 18.5 Å². The van der Waals surface area contributed by atoms with Gasteiger partial charge in [0.25, 0.3) is 0 Å². The zero-order valence-electron chi connectivity index (χ0n) is 18.8. The highest BCUT2D eigenvalue weighted by Crippen LogP contribution is 2.39. The van der Waals surface area contributed by atoms with Crippen molar-refractivity contribution in [2.24, 2.45) is 0 Å². The molecule has 32 heavy (non-hydrogen) atoms. The summed E-state index contributed by atoms with van der Waals surface area (Å²) in [5.41, 5.74) is 4.36. The van der Waals surface area contributed by atoms with Crippen LogP contribution >= 0.6 is 0 Å². The molecule has 2 aliphatic rings. The van der Waals surface area contributed by atoms with Crippen molar-refractivity contribution in [1.82, 2.24) is 0 Å². The number of hydrogen-bond acceptors (Lipinski definition) is 4. The molecular weight excluding hydrogens is 403 g/mol. The molecule has 1 aromatic heterocycles. The van der Waals surface area contributed by atoms with Crippen molar-refractivity contribution in [3.8, 4) is 34.0 Å². The Kier molecular flexibility index (Phi) is 4.94. The van der Waals surface area contributed by atoms with Gasteiger partial charge in [-0.25, -0.2) is 4.57 Å². The smallest absolute Gasteiger partial charge is 0.461 e. The monoisotopic (exact) mass is 431 g/mol. The van der Waals surface area contributed by atoms with Crippen LogP contribution in [0.15, 0.2) is 66.7 Å². The van der Waals surface area contributed by atoms with E-state index in [4.69, 9.17) is 14.0 Å². The second kappa shape index (κ2) is 7.67. The van der Waals surface area contributed by atoms with Gasteiger partial charge in [-0.3, -0.25) is 4.79 Å². The molecule has 0 fully saturated rings.